The molecule has 0 amide bonds. The van der Waals surface area contributed by atoms with Gasteiger partial charge in [0.2, 0.25) is 0 Å². The first-order valence-corrected chi connectivity index (χ1v) is 15.4. The van der Waals surface area contributed by atoms with Crippen molar-refractivity contribution in [1.29, 1.82) is 0 Å². The lowest BCUT2D eigenvalue weighted by Gasteiger charge is -2.26. The summed E-state index contributed by atoms with van der Waals surface area (Å²) in [6.45, 7) is 17.3. The second-order valence-corrected chi connectivity index (χ2v) is 15.2. The highest BCUT2D eigenvalue weighted by atomic mass is 28.3. The lowest BCUT2D eigenvalue weighted by molar-refractivity contribution is 0.316. The maximum absolute atomic E-state index is 6.11. The average molecular weight is 461 g/mol. The highest BCUT2D eigenvalue weighted by Gasteiger charge is 2.24. The molecule has 3 aromatic carbocycles. The highest BCUT2D eigenvalue weighted by Crippen LogP contribution is 2.33. The van der Waals surface area contributed by atoms with Crippen LogP contribution in [-0.4, -0.2) is 21.3 Å². The van der Waals surface area contributed by atoms with Gasteiger partial charge in [0.15, 0.2) is 0 Å². The van der Waals surface area contributed by atoms with E-state index in [1.807, 2.05) is 6.92 Å². The van der Waals surface area contributed by atoms with Gasteiger partial charge in [0, 0.05) is 5.41 Å². The molecule has 3 aromatic rings. The minimum Gasteiger partial charge on any atom is -0.494 e. The predicted molar refractivity (Wildman–Crippen MR) is 144 cm³/mol. The van der Waals surface area contributed by atoms with Gasteiger partial charge in [0.25, 0.3) is 0 Å². The van der Waals surface area contributed by atoms with Crippen molar-refractivity contribution in [3.8, 4) is 11.5 Å². The summed E-state index contributed by atoms with van der Waals surface area (Å²) in [5, 5.41) is 1.56. The number of ether oxygens (including phenoxy) is 2. The van der Waals surface area contributed by atoms with Crippen molar-refractivity contribution < 1.29 is 9.47 Å². The second-order valence-electron chi connectivity index (χ2n) is 10.3. The molecular weight excluding hydrogens is 420 g/mol. The van der Waals surface area contributed by atoms with E-state index in [-0.39, 0.29) is 5.41 Å². The zero-order chi connectivity index (χ0) is 24.1. The lowest BCUT2D eigenvalue weighted by Crippen LogP contribution is -2.41. The SMILES string of the molecule is CCOc1ccc(C(C)(C)c2ccc(OCCC[Si](C)(C)c3cc(C)cc(C)c3)cc2)cc1. The zero-order valence-electron chi connectivity index (χ0n) is 21.5. The van der Waals surface area contributed by atoms with Crippen LogP contribution in [0.25, 0.3) is 0 Å². The molecule has 3 heteroatoms. The molecule has 0 saturated heterocycles. The summed E-state index contributed by atoms with van der Waals surface area (Å²) < 4.78 is 11.7. The third-order valence-corrected chi connectivity index (χ3v) is 10.1. The fourth-order valence-corrected chi connectivity index (χ4v) is 7.04. The van der Waals surface area contributed by atoms with Crippen molar-refractivity contribution in [3.63, 3.8) is 0 Å². The Morgan fingerprint density at radius 3 is 1.70 bits per heavy atom. The van der Waals surface area contributed by atoms with Gasteiger partial charge in [-0.15, -0.1) is 0 Å². The van der Waals surface area contributed by atoms with Gasteiger partial charge in [-0.2, -0.15) is 0 Å². The van der Waals surface area contributed by atoms with Gasteiger partial charge >= 0.3 is 0 Å². The Morgan fingerprint density at radius 2 is 1.21 bits per heavy atom. The molecule has 33 heavy (non-hydrogen) atoms. The van der Waals surface area contributed by atoms with E-state index in [0.29, 0.717) is 6.61 Å². The molecule has 0 aliphatic heterocycles. The molecule has 0 heterocycles. The van der Waals surface area contributed by atoms with Gasteiger partial charge in [0.1, 0.15) is 11.5 Å². The summed E-state index contributed by atoms with van der Waals surface area (Å²) in [4.78, 5) is 0. The zero-order valence-corrected chi connectivity index (χ0v) is 22.5. The Labute approximate surface area is 202 Å². The van der Waals surface area contributed by atoms with E-state index in [0.717, 1.165) is 24.5 Å². The first-order valence-electron chi connectivity index (χ1n) is 12.2. The van der Waals surface area contributed by atoms with E-state index in [2.05, 4.69) is 108 Å². The topological polar surface area (TPSA) is 18.5 Å². The maximum atomic E-state index is 6.11. The number of hydrogen-bond acceptors (Lipinski definition) is 2. The number of hydrogen-bond donors (Lipinski definition) is 0. The Balaban J connectivity index is 1.56. The van der Waals surface area contributed by atoms with E-state index in [9.17, 15) is 0 Å². The molecule has 0 saturated carbocycles. The molecule has 0 atom stereocenters. The van der Waals surface area contributed by atoms with Gasteiger partial charge in [0.05, 0.1) is 21.3 Å². The molecule has 176 valence electrons. The monoisotopic (exact) mass is 460 g/mol. The Hall–Kier alpha value is -2.52. The molecule has 0 N–H and O–H groups in total. The van der Waals surface area contributed by atoms with Gasteiger partial charge in [-0.05, 0) is 62.6 Å². The maximum Gasteiger partial charge on any atom is 0.119 e. The highest BCUT2D eigenvalue weighted by molar-refractivity contribution is 6.89. The molecule has 2 nitrogen and oxygen atoms in total. The summed E-state index contributed by atoms with van der Waals surface area (Å²) in [5.41, 5.74) is 5.22. The van der Waals surface area contributed by atoms with Crippen LogP contribution in [0.5, 0.6) is 11.5 Å². The van der Waals surface area contributed by atoms with Crippen LogP contribution in [-0.2, 0) is 5.41 Å². The van der Waals surface area contributed by atoms with E-state index < -0.39 is 8.07 Å². The lowest BCUT2D eigenvalue weighted by atomic mass is 9.78. The molecule has 3 rings (SSSR count). The third kappa shape index (κ3) is 6.51. The minimum atomic E-state index is -1.45. The van der Waals surface area contributed by atoms with E-state index in [4.69, 9.17) is 9.47 Å². The van der Waals surface area contributed by atoms with E-state index in [1.54, 1.807) is 5.19 Å². The summed E-state index contributed by atoms with van der Waals surface area (Å²) in [6.07, 6.45) is 1.09. The molecule has 0 bridgehead atoms. The third-order valence-electron chi connectivity index (χ3n) is 6.68. The molecule has 0 aliphatic rings. The molecule has 0 aromatic heterocycles. The Kier molecular flexibility index (Phi) is 8.07. The van der Waals surface area contributed by atoms with Crippen molar-refractivity contribution >= 4 is 13.3 Å². The van der Waals surface area contributed by atoms with Crippen molar-refractivity contribution in [2.45, 2.75) is 65.6 Å². The largest absolute Gasteiger partial charge is 0.494 e. The molecule has 0 fully saturated rings. The van der Waals surface area contributed by atoms with Gasteiger partial charge in [-0.25, -0.2) is 0 Å². The van der Waals surface area contributed by atoms with Crippen molar-refractivity contribution in [3.05, 3.63) is 89.0 Å². The van der Waals surface area contributed by atoms with Crippen LogP contribution in [0.2, 0.25) is 19.1 Å². The van der Waals surface area contributed by atoms with Gasteiger partial charge in [-0.1, -0.05) is 91.8 Å². The number of benzene rings is 3. The smallest absolute Gasteiger partial charge is 0.119 e. The summed E-state index contributed by atoms with van der Waals surface area (Å²) in [5.74, 6) is 1.87. The van der Waals surface area contributed by atoms with Gasteiger partial charge < -0.3 is 9.47 Å². The first kappa shape index (κ1) is 25.1. The van der Waals surface area contributed by atoms with Gasteiger partial charge in [-0.3, -0.25) is 0 Å². The van der Waals surface area contributed by atoms with Crippen molar-refractivity contribution in [2.75, 3.05) is 13.2 Å². The standard InChI is InChI=1S/C30H40O2Si/c1-8-31-27-14-10-25(11-15-27)30(4,5)26-12-16-28(17-13-26)32-18-9-19-33(6,7)29-21-23(2)20-24(3)22-29/h10-17,20-22H,8-9,18-19H2,1-7H3. The molecule has 0 aliphatic carbocycles. The fraction of sp³-hybridized carbons (Fsp3) is 0.400. The van der Waals surface area contributed by atoms with Crippen molar-refractivity contribution in [2.24, 2.45) is 0 Å². The Bertz CT molecular complexity index is 1010. The van der Waals surface area contributed by atoms with Crippen molar-refractivity contribution in [1.82, 2.24) is 0 Å². The quantitative estimate of drug-likeness (QED) is 0.232. The molecule has 0 radical (unpaired) electrons. The van der Waals surface area contributed by atoms with Crippen LogP contribution in [0.4, 0.5) is 0 Å². The van der Waals surface area contributed by atoms with Crippen LogP contribution >= 0.6 is 0 Å². The second kappa shape index (κ2) is 10.6. The molecular formula is C30H40O2Si. The minimum absolute atomic E-state index is 0.0785. The summed E-state index contributed by atoms with van der Waals surface area (Å²) in [6, 6.07) is 25.3. The van der Waals surface area contributed by atoms with E-state index in [1.165, 1.54) is 28.3 Å². The Morgan fingerprint density at radius 1 is 0.727 bits per heavy atom. The number of rotatable bonds is 10. The van der Waals surface area contributed by atoms with Crippen LogP contribution in [0.1, 0.15) is 49.4 Å². The summed E-state index contributed by atoms with van der Waals surface area (Å²) in [7, 11) is -1.45. The summed E-state index contributed by atoms with van der Waals surface area (Å²) >= 11 is 0. The van der Waals surface area contributed by atoms with Crippen LogP contribution in [0, 0.1) is 13.8 Å². The van der Waals surface area contributed by atoms with Crippen LogP contribution in [0.15, 0.2) is 66.7 Å². The first-order chi connectivity index (χ1) is 15.6. The van der Waals surface area contributed by atoms with Crippen LogP contribution < -0.4 is 14.7 Å². The molecule has 0 unspecified atom stereocenters. The van der Waals surface area contributed by atoms with E-state index >= 15 is 0 Å². The predicted octanol–water partition coefficient (Wildman–Crippen LogP) is 7.41. The number of aryl methyl sites for hydroxylation is 2. The average Bonchev–Trinajstić information content (AvgIpc) is 2.77. The normalized spacial score (nSPS) is 12.0. The molecule has 0 spiro atoms. The van der Waals surface area contributed by atoms with Crippen LogP contribution in [0.3, 0.4) is 0 Å². The fourth-order valence-electron chi connectivity index (χ4n) is 4.48.